The highest BCUT2D eigenvalue weighted by molar-refractivity contribution is 5.79. The van der Waals surface area contributed by atoms with E-state index in [4.69, 9.17) is 10.9 Å². The van der Waals surface area contributed by atoms with E-state index in [1.165, 1.54) is 19.5 Å². The van der Waals surface area contributed by atoms with E-state index in [9.17, 15) is 0 Å². The molecule has 0 aromatic heterocycles. The molecule has 3 N–H and O–H groups in total. The van der Waals surface area contributed by atoms with Crippen molar-refractivity contribution in [3.05, 3.63) is 0 Å². The Balaban J connectivity index is 2.22. The molecule has 1 unspecified atom stereocenters. The first-order chi connectivity index (χ1) is 7.43. The molecule has 1 saturated heterocycles. The number of nitrogens with two attached hydrogens (primary N) is 1. The molecule has 16 heavy (non-hydrogen) atoms. The van der Waals surface area contributed by atoms with Crippen LogP contribution in [-0.4, -0.2) is 35.6 Å². The Morgan fingerprint density at radius 2 is 2.19 bits per heavy atom. The molecular formula is C12H25N3O. The summed E-state index contributed by atoms with van der Waals surface area (Å²) in [6.07, 6.45) is 2.97. The van der Waals surface area contributed by atoms with E-state index in [2.05, 4.69) is 30.8 Å². The van der Waals surface area contributed by atoms with Crippen LogP contribution in [0.3, 0.4) is 0 Å². The molecule has 1 rings (SSSR count). The molecule has 0 aliphatic carbocycles. The minimum atomic E-state index is 0.339. The van der Waals surface area contributed by atoms with Crippen LogP contribution in [-0.2, 0) is 0 Å². The molecule has 0 bridgehead atoms. The predicted molar refractivity (Wildman–Crippen MR) is 66.6 cm³/mol. The van der Waals surface area contributed by atoms with Gasteiger partial charge in [-0.3, -0.25) is 0 Å². The summed E-state index contributed by atoms with van der Waals surface area (Å²) in [6, 6.07) is 0. The number of likely N-dealkylation sites (tertiary alicyclic amines) is 1. The second-order valence-electron chi connectivity index (χ2n) is 5.85. The summed E-state index contributed by atoms with van der Waals surface area (Å²) in [6.45, 7) is 10.4. The molecule has 94 valence electrons. The Hall–Kier alpha value is -0.770. The molecule has 0 amide bonds. The molecular weight excluding hydrogens is 202 g/mol. The predicted octanol–water partition coefficient (Wildman–Crippen LogP) is 1.88. The second-order valence-corrected chi connectivity index (χ2v) is 5.85. The van der Waals surface area contributed by atoms with Crippen molar-refractivity contribution in [2.24, 2.45) is 22.2 Å². The quantitative estimate of drug-likeness (QED) is 0.333. The maximum Gasteiger partial charge on any atom is 0.139 e. The van der Waals surface area contributed by atoms with E-state index < -0.39 is 0 Å². The van der Waals surface area contributed by atoms with Crippen LogP contribution >= 0.6 is 0 Å². The molecule has 4 heteroatoms. The Bertz CT molecular complexity index is 245. The molecule has 0 radical (unpaired) electrons. The van der Waals surface area contributed by atoms with Gasteiger partial charge in [0.1, 0.15) is 5.84 Å². The van der Waals surface area contributed by atoms with Crippen molar-refractivity contribution in [2.45, 2.75) is 40.0 Å². The van der Waals surface area contributed by atoms with Gasteiger partial charge in [0.2, 0.25) is 0 Å². The molecule has 4 nitrogen and oxygen atoms in total. The average molecular weight is 227 g/mol. The van der Waals surface area contributed by atoms with E-state index in [1.807, 2.05) is 0 Å². The van der Waals surface area contributed by atoms with Gasteiger partial charge in [0.05, 0.1) is 0 Å². The number of amidine groups is 1. The number of hydrogen-bond acceptors (Lipinski definition) is 3. The van der Waals surface area contributed by atoms with Crippen molar-refractivity contribution in [1.29, 1.82) is 0 Å². The van der Waals surface area contributed by atoms with Crippen LogP contribution in [0.2, 0.25) is 0 Å². The Kier molecular flexibility index (Phi) is 4.59. The van der Waals surface area contributed by atoms with Gasteiger partial charge in [0.25, 0.3) is 0 Å². The molecule has 1 heterocycles. The Labute approximate surface area is 98.5 Å². The van der Waals surface area contributed by atoms with Gasteiger partial charge in [-0.15, -0.1) is 0 Å². The van der Waals surface area contributed by atoms with Crippen molar-refractivity contribution >= 4 is 5.84 Å². The van der Waals surface area contributed by atoms with Crippen molar-refractivity contribution in [3.63, 3.8) is 0 Å². The van der Waals surface area contributed by atoms with Crippen LogP contribution < -0.4 is 5.73 Å². The highest BCUT2D eigenvalue weighted by Gasteiger charge is 2.31. The monoisotopic (exact) mass is 227 g/mol. The third-order valence-corrected chi connectivity index (χ3v) is 3.53. The summed E-state index contributed by atoms with van der Waals surface area (Å²) in [5.41, 5.74) is 5.85. The third-order valence-electron chi connectivity index (χ3n) is 3.53. The largest absolute Gasteiger partial charge is 0.409 e. The van der Waals surface area contributed by atoms with Gasteiger partial charge in [-0.2, -0.15) is 0 Å². The van der Waals surface area contributed by atoms with E-state index in [0.29, 0.717) is 17.7 Å². The normalized spacial score (nSPS) is 23.9. The molecule has 1 aliphatic rings. The fraction of sp³-hybridized carbons (Fsp3) is 0.917. The fourth-order valence-electron chi connectivity index (χ4n) is 2.28. The summed E-state index contributed by atoms with van der Waals surface area (Å²) in [7, 11) is 0. The maximum atomic E-state index is 8.42. The lowest BCUT2D eigenvalue weighted by Crippen LogP contribution is -2.27. The summed E-state index contributed by atoms with van der Waals surface area (Å²) in [4.78, 5) is 2.49. The minimum Gasteiger partial charge on any atom is -0.409 e. The zero-order valence-electron chi connectivity index (χ0n) is 10.7. The fourth-order valence-corrected chi connectivity index (χ4v) is 2.28. The van der Waals surface area contributed by atoms with E-state index in [1.54, 1.807) is 0 Å². The second kappa shape index (κ2) is 5.53. The van der Waals surface area contributed by atoms with Crippen LogP contribution in [0.5, 0.6) is 0 Å². The lowest BCUT2D eigenvalue weighted by Gasteiger charge is -2.27. The van der Waals surface area contributed by atoms with Crippen molar-refractivity contribution in [2.75, 3.05) is 19.6 Å². The molecule has 1 aliphatic heterocycles. The van der Waals surface area contributed by atoms with E-state index in [0.717, 1.165) is 18.9 Å². The summed E-state index contributed by atoms with van der Waals surface area (Å²) < 4.78 is 0. The number of oxime groups is 1. The van der Waals surface area contributed by atoms with Crippen molar-refractivity contribution in [1.82, 2.24) is 4.90 Å². The lowest BCUT2D eigenvalue weighted by molar-refractivity contribution is 0.228. The SMILES string of the molecule is CC(C)(C)C1CCN(CCCC(N)=NO)C1. The van der Waals surface area contributed by atoms with E-state index in [-0.39, 0.29) is 0 Å². The van der Waals surface area contributed by atoms with Crippen molar-refractivity contribution < 1.29 is 5.21 Å². The van der Waals surface area contributed by atoms with Crippen LogP contribution in [0, 0.1) is 11.3 Å². The highest BCUT2D eigenvalue weighted by atomic mass is 16.4. The van der Waals surface area contributed by atoms with Gasteiger partial charge in [0, 0.05) is 13.0 Å². The minimum absolute atomic E-state index is 0.339. The highest BCUT2D eigenvalue weighted by Crippen LogP contribution is 2.33. The van der Waals surface area contributed by atoms with Crippen molar-refractivity contribution in [3.8, 4) is 0 Å². The van der Waals surface area contributed by atoms with Crippen LogP contribution in [0.15, 0.2) is 5.16 Å². The average Bonchev–Trinajstić information content (AvgIpc) is 2.65. The summed E-state index contributed by atoms with van der Waals surface area (Å²) in [5.74, 6) is 1.14. The smallest absolute Gasteiger partial charge is 0.139 e. The molecule has 1 fully saturated rings. The van der Waals surface area contributed by atoms with Gasteiger partial charge in [-0.05, 0) is 37.3 Å². The van der Waals surface area contributed by atoms with Gasteiger partial charge in [-0.25, -0.2) is 0 Å². The molecule has 0 aromatic rings. The van der Waals surface area contributed by atoms with E-state index >= 15 is 0 Å². The first-order valence-electron chi connectivity index (χ1n) is 6.12. The number of rotatable bonds is 4. The number of hydrogen-bond donors (Lipinski definition) is 2. The molecule has 0 spiro atoms. The van der Waals surface area contributed by atoms with Crippen LogP contribution in [0.1, 0.15) is 40.0 Å². The first-order valence-corrected chi connectivity index (χ1v) is 6.12. The topological polar surface area (TPSA) is 61.8 Å². The molecule has 1 atom stereocenters. The summed E-state index contributed by atoms with van der Waals surface area (Å²) >= 11 is 0. The zero-order valence-corrected chi connectivity index (χ0v) is 10.7. The first kappa shape index (κ1) is 13.3. The Morgan fingerprint density at radius 1 is 1.50 bits per heavy atom. The number of nitrogens with zero attached hydrogens (tertiary/aromatic N) is 2. The standard InChI is InChI=1S/C12H25N3O/c1-12(2,3)10-6-8-15(9-10)7-4-5-11(13)14-16/h10,16H,4-9H2,1-3H3,(H2,13,14). The van der Waals surface area contributed by atoms with Gasteiger partial charge >= 0.3 is 0 Å². The molecule has 0 saturated carbocycles. The molecule has 0 aromatic carbocycles. The van der Waals surface area contributed by atoms with Gasteiger partial charge in [0.15, 0.2) is 0 Å². The van der Waals surface area contributed by atoms with Gasteiger partial charge < -0.3 is 15.8 Å². The Morgan fingerprint density at radius 3 is 2.69 bits per heavy atom. The lowest BCUT2D eigenvalue weighted by atomic mass is 9.80. The summed E-state index contributed by atoms with van der Waals surface area (Å²) in [5, 5.41) is 11.4. The van der Waals surface area contributed by atoms with Crippen LogP contribution in [0.25, 0.3) is 0 Å². The third kappa shape index (κ3) is 4.00. The maximum absolute atomic E-state index is 8.42. The van der Waals surface area contributed by atoms with Gasteiger partial charge in [-0.1, -0.05) is 25.9 Å². The van der Waals surface area contributed by atoms with Crippen LogP contribution in [0.4, 0.5) is 0 Å². The zero-order chi connectivity index (χ0) is 12.2.